The van der Waals surface area contributed by atoms with Gasteiger partial charge in [0.05, 0.1) is 0 Å². The van der Waals surface area contributed by atoms with Gasteiger partial charge in [0.1, 0.15) is 0 Å². The summed E-state index contributed by atoms with van der Waals surface area (Å²) in [5.74, 6) is 0. The second-order valence-corrected chi connectivity index (χ2v) is 14.7. The van der Waals surface area contributed by atoms with E-state index in [1.807, 2.05) is 0 Å². The number of benzene rings is 11. The summed E-state index contributed by atoms with van der Waals surface area (Å²) in [6, 6.07) is 64.0. The predicted molar refractivity (Wildman–Crippen MR) is 226 cm³/mol. The van der Waals surface area contributed by atoms with Gasteiger partial charge in [-0.25, -0.2) is 0 Å². The summed E-state index contributed by atoms with van der Waals surface area (Å²) < 4.78 is 0. The van der Waals surface area contributed by atoms with Crippen molar-refractivity contribution in [2.45, 2.75) is 0 Å². The highest BCUT2D eigenvalue weighted by atomic mass is 14.2. The van der Waals surface area contributed by atoms with Crippen LogP contribution in [0.25, 0.3) is 130 Å². The van der Waals surface area contributed by atoms with E-state index in [4.69, 9.17) is 0 Å². The quantitative estimate of drug-likeness (QED) is 0.129. The van der Waals surface area contributed by atoms with Gasteiger partial charge >= 0.3 is 0 Å². The molecule has 52 heavy (non-hydrogen) atoms. The molecule has 0 radical (unpaired) electrons. The molecular weight excluding hydrogens is 625 g/mol. The lowest BCUT2D eigenvalue weighted by Crippen LogP contribution is -1.89. The SMILES string of the molecule is c1ccc(-c2ccc3c4cc5cc6c(cc5cc4c4cccc2c34)c2ccc3c4ccc(-c5ccccc5)c5cccc(c7ccc6c2c73)c54)cc1. The van der Waals surface area contributed by atoms with Crippen LogP contribution in [0, 0.1) is 0 Å². The van der Waals surface area contributed by atoms with Crippen LogP contribution in [0.1, 0.15) is 0 Å². The van der Waals surface area contributed by atoms with E-state index < -0.39 is 0 Å². The Bertz CT molecular complexity index is 3470. The molecule has 0 aromatic heterocycles. The summed E-state index contributed by atoms with van der Waals surface area (Å²) in [5, 5.41) is 26.9. The minimum absolute atomic E-state index is 1.26. The van der Waals surface area contributed by atoms with Crippen LogP contribution in [0.2, 0.25) is 0 Å². The molecule has 236 valence electrons. The normalized spacial score (nSPS) is 12.6. The Morgan fingerprint density at radius 2 is 0.500 bits per heavy atom. The van der Waals surface area contributed by atoms with Crippen LogP contribution in [0.4, 0.5) is 0 Å². The lowest BCUT2D eigenvalue weighted by atomic mass is 9.86. The maximum Gasteiger partial charge on any atom is -0.00139 e. The summed E-state index contributed by atoms with van der Waals surface area (Å²) in [5.41, 5.74) is 5.11. The van der Waals surface area contributed by atoms with Crippen LogP contribution in [0.5, 0.6) is 0 Å². The van der Waals surface area contributed by atoms with Gasteiger partial charge in [0.2, 0.25) is 0 Å². The van der Waals surface area contributed by atoms with Crippen molar-refractivity contribution in [3.8, 4) is 22.3 Å². The average molecular weight is 653 g/mol. The Labute approximate surface area is 298 Å². The fraction of sp³-hybridized carbons (Fsp3) is 0. The highest BCUT2D eigenvalue weighted by molar-refractivity contribution is 6.43. The first-order valence-electron chi connectivity index (χ1n) is 18.3. The van der Waals surface area contributed by atoms with E-state index in [1.165, 1.54) is 130 Å². The van der Waals surface area contributed by atoms with Crippen LogP contribution >= 0.6 is 0 Å². The van der Waals surface area contributed by atoms with Crippen molar-refractivity contribution in [2.75, 3.05) is 0 Å². The molecule has 0 nitrogen and oxygen atoms in total. The Kier molecular flexibility index (Phi) is 4.94. The molecule has 0 spiro atoms. The monoisotopic (exact) mass is 652 g/mol. The van der Waals surface area contributed by atoms with Crippen molar-refractivity contribution >= 4 is 108 Å². The standard InChI is InChI=1S/C52H28/c1-3-9-29(10-4-1)33-17-19-39-41-22-24-44-47-27-31-25-45-38-16-8-14-36-34(30-11-5-2-6-12-30)18-20-42(50(36)38)46(45)26-32(31)28-48(47)43-23-21-40(51(41)52(43)44)37-15-7-13-35(33)49(37)39/h1-28H. The lowest BCUT2D eigenvalue weighted by molar-refractivity contribution is 1.67. The van der Waals surface area contributed by atoms with Crippen LogP contribution in [-0.2, 0) is 0 Å². The molecule has 0 aliphatic carbocycles. The highest BCUT2D eigenvalue weighted by Crippen LogP contribution is 2.50. The van der Waals surface area contributed by atoms with Gasteiger partial charge in [-0.15, -0.1) is 0 Å². The number of rotatable bonds is 2. The zero-order valence-corrected chi connectivity index (χ0v) is 28.2. The van der Waals surface area contributed by atoms with Gasteiger partial charge in [-0.3, -0.25) is 0 Å². The molecule has 0 aliphatic rings. The molecule has 13 aromatic rings. The molecule has 0 heteroatoms. The first kappa shape index (κ1) is 27.0. The smallest absolute Gasteiger partial charge is 0.00139 e. The molecular formula is C52H28. The van der Waals surface area contributed by atoms with Crippen LogP contribution in [0.15, 0.2) is 170 Å². The van der Waals surface area contributed by atoms with E-state index in [0.29, 0.717) is 0 Å². The van der Waals surface area contributed by atoms with Gasteiger partial charge in [0, 0.05) is 0 Å². The summed E-state index contributed by atoms with van der Waals surface area (Å²) in [7, 11) is 0. The second kappa shape index (κ2) is 9.51. The zero-order valence-electron chi connectivity index (χ0n) is 28.2. The third-order valence-corrected chi connectivity index (χ3v) is 12.3. The molecule has 0 saturated carbocycles. The minimum Gasteiger partial charge on any atom is -0.0622 e. The Morgan fingerprint density at radius 1 is 0.192 bits per heavy atom. The average Bonchev–Trinajstić information content (AvgIpc) is 3.69. The van der Waals surface area contributed by atoms with Crippen molar-refractivity contribution in [3.05, 3.63) is 170 Å². The fourth-order valence-electron chi connectivity index (χ4n) is 10.1. The number of fused-ring (bicyclic) bond motifs is 9. The first-order chi connectivity index (χ1) is 25.8. The van der Waals surface area contributed by atoms with Gasteiger partial charge in [0.15, 0.2) is 0 Å². The van der Waals surface area contributed by atoms with Crippen molar-refractivity contribution in [2.24, 2.45) is 0 Å². The van der Waals surface area contributed by atoms with Crippen LogP contribution in [0.3, 0.4) is 0 Å². The summed E-state index contributed by atoms with van der Waals surface area (Å²) in [6.07, 6.45) is 0. The van der Waals surface area contributed by atoms with E-state index >= 15 is 0 Å². The predicted octanol–water partition coefficient (Wildman–Crippen LogP) is 14.9. The minimum atomic E-state index is 1.26. The van der Waals surface area contributed by atoms with E-state index in [9.17, 15) is 0 Å². The van der Waals surface area contributed by atoms with Gasteiger partial charge < -0.3 is 0 Å². The molecule has 0 bridgehead atoms. The largest absolute Gasteiger partial charge is 0.0622 e. The Hall–Kier alpha value is -6.76. The third kappa shape index (κ3) is 3.29. The highest BCUT2D eigenvalue weighted by Gasteiger charge is 2.21. The van der Waals surface area contributed by atoms with E-state index in [2.05, 4.69) is 170 Å². The Morgan fingerprint density at radius 3 is 0.942 bits per heavy atom. The van der Waals surface area contributed by atoms with Gasteiger partial charge in [-0.1, -0.05) is 146 Å². The first-order valence-corrected chi connectivity index (χ1v) is 18.3. The fourth-order valence-corrected chi connectivity index (χ4v) is 10.1. The molecule has 13 rings (SSSR count). The molecule has 0 heterocycles. The van der Waals surface area contributed by atoms with Crippen LogP contribution < -0.4 is 0 Å². The van der Waals surface area contributed by atoms with Gasteiger partial charge in [0.25, 0.3) is 0 Å². The van der Waals surface area contributed by atoms with Crippen molar-refractivity contribution < 1.29 is 0 Å². The molecule has 13 aromatic carbocycles. The topological polar surface area (TPSA) is 0 Å². The molecule has 0 amide bonds. The summed E-state index contributed by atoms with van der Waals surface area (Å²) in [4.78, 5) is 0. The van der Waals surface area contributed by atoms with Crippen molar-refractivity contribution in [1.29, 1.82) is 0 Å². The molecule has 0 fully saturated rings. The molecule has 0 N–H and O–H groups in total. The maximum atomic E-state index is 2.46. The van der Waals surface area contributed by atoms with E-state index in [1.54, 1.807) is 0 Å². The number of hydrogen-bond acceptors (Lipinski definition) is 0. The lowest BCUT2D eigenvalue weighted by Gasteiger charge is -2.17. The van der Waals surface area contributed by atoms with Crippen molar-refractivity contribution in [3.63, 3.8) is 0 Å². The third-order valence-electron chi connectivity index (χ3n) is 12.3. The molecule has 0 unspecified atom stereocenters. The van der Waals surface area contributed by atoms with Gasteiger partial charge in [-0.2, -0.15) is 0 Å². The van der Waals surface area contributed by atoms with Gasteiger partial charge in [-0.05, 0) is 154 Å². The number of hydrogen-bond donors (Lipinski definition) is 0. The van der Waals surface area contributed by atoms with E-state index in [-0.39, 0.29) is 0 Å². The van der Waals surface area contributed by atoms with Crippen molar-refractivity contribution in [1.82, 2.24) is 0 Å². The summed E-state index contributed by atoms with van der Waals surface area (Å²) in [6.45, 7) is 0. The molecule has 0 atom stereocenters. The summed E-state index contributed by atoms with van der Waals surface area (Å²) >= 11 is 0. The second-order valence-electron chi connectivity index (χ2n) is 14.7. The van der Waals surface area contributed by atoms with E-state index in [0.717, 1.165) is 0 Å². The Balaban J connectivity index is 1.10. The molecule has 0 aliphatic heterocycles. The maximum absolute atomic E-state index is 2.46. The zero-order chi connectivity index (χ0) is 33.7. The van der Waals surface area contributed by atoms with Crippen LogP contribution in [-0.4, -0.2) is 0 Å². The molecule has 0 saturated heterocycles.